The van der Waals surface area contributed by atoms with Crippen LogP contribution in [0.4, 0.5) is 5.69 Å². The maximum atomic E-state index is 12.1. The van der Waals surface area contributed by atoms with Gasteiger partial charge in [-0.2, -0.15) is 0 Å². The molecule has 0 unspecified atom stereocenters. The third-order valence-electron chi connectivity index (χ3n) is 5.93. The fourth-order valence-corrected chi connectivity index (χ4v) is 4.05. The monoisotopic (exact) mass is 444 g/mol. The molecule has 172 valence electrons. The zero-order valence-electron chi connectivity index (χ0n) is 19.0. The topological polar surface area (TPSA) is 57.7 Å². The summed E-state index contributed by atoms with van der Waals surface area (Å²) in [5, 5.41) is 2.98. The van der Waals surface area contributed by atoms with Crippen LogP contribution >= 0.6 is 0 Å². The van der Waals surface area contributed by atoms with Gasteiger partial charge in [-0.15, -0.1) is 0 Å². The largest absolute Gasteiger partial charge is 0.487 e. The van der Waals surface area contributed by atoms with Gasteiger partial charge in [-0.05, 0) is 49.2 Å². The molecule has 1 aromatic heterocycles. The highest BCUT2D eigenvalue weighted by Crippen LogP contribution is 2.29. The van der Waals surface area contributed by atoms with Crippen molar-refractivity contribution in [2.45, 2.75) is 19.4 Å². The highest BCUT2D eigenvalue weighted by Gasteiger charge is 2.19. The van der Waals surface area contributed by atoms with E-state index in [2.05, 4.69) is 50.4 Å². The molecule has 0 bridgehead atoms. The first-order valence-electron chi connectivity index (χ1n) is 11.7. The number of hydrogen-bond donors (Lipinski definition) is 1. The Morgan fingerprint density at radius 3 is 2.48 bits per heavy atom. The van der Waals surface area contributed by atoms with Crippen LogP contribution in [0, 0.1) is 0 Å². The Morgan fingerprint density at radius 2 is 1.70 bits per heavy atom. The number of carbonyl (C=O) groups excluding carboxylic acids is 1. The highest BCUT2D eigenvalue weighted by atomic mass is 16.5. The zero-order valence-corrected chi connectivity index (χ0v) is 19.0. The van der Waals surface area contributed by atoms with Gasteiger partial charge in [0.2, 0.25) is 0 Å². The molecule has 1 saturated heterocycles. The summed E-state index contributed by atoms with van der Waals surface area (Å²) in [5.74, 6) is 0.893. The second kappa shape index (κ2) is 12.0. The average molecular weight is 445 g/mol. The molecule has 2 aromatic carbocycles. The number of hydrogen-bond acceptors (Lipinski definition) is 5. The fourth-order valence-electron chi connectivity index (χ4n) is 4.05. The lowest BCUT2D eigenvalue weighted by Crippen LogP contribution is -2.46. The molecule has 0 radical (unpaired) electrons. The number of anilines is 1. The number of nitrogens with zero attached hydrogens (tertiary/aromatic N) is 3. The fraction of sp³-hybridized carbons (Fsp3) is 0.333. The number of piperazine rings is 1. The normalized spacial score (nSPS) is 14.1. The predicted molar refractivity (Wildman–Crippen MR) is 132 cm³/mol. The van der Waals surface area contributed by atoms with Crippen molar-refractivity contribution in [3.05, 3.63) is 90.3 Å². The summed E-state index contributed by atoms with van der Waals surface area (Å²) in [5.41, 5.74) is 2.96. The van der Waals surface area contributed by atoms with Crippen LogP contribution in [0.1, 0.15) is 28.8 Å². The van der Waals surface area contributed by atoms with E-state index in [9.17, 15) is 4.79 Å². The van der Waals surface area contributed by atoms with Crippen LogP contribution in [-0.4, -0.2) is 55.1 Å². The molecule has 4 rings (SSSR count). The molecule has 0 aliphatic carbocycles. The Bertz CT molecular complexity index is 989. The Morgan fingerprint density at radius 1 is 0.909 bits per heavy atom. The molecule has 2 heterocycles. The molecule has 6 nitrogen and oxygen atoms in total. The molecule has 1 amide bonds. The van der Waals surface area contributed by atoms with Crippen LogP contribution in [0.5, 0.6) is 5.75 Å². The van der Waals surface area contributed by atoms with Crippen molar-refractivity contribution in [3.63, 3.8) is 0 Å². The minimum Gasteiger partial charge on any atom is -0.487 e. The lowest BCUT2D eigenvalue weighted by molar-refractivity contribution is 0.0952. The minimum atomic E-state index is -0.0511. The van der Waals surface area contributed by atoms with E-state index < -0.39 is 0 Å². The van der Waals surface area contributed by atoms with Gasteiger partial charge in [0.05, 0.1) is 11.3 Å². The van der Waals surface area contributed by atoms with Gasteiger partial charge < -0.3 is 15.0 Å². The summed E-state index contributed by atoms with van der Waals surface area (Å²) in [6.45, 7) is 6.38. The molecule has 0 spiro atoms. The molecule has 0 atom stereocenters. The van der Waals surface area contributed by atoms with Gasteiger partial charge in [-0.1, -0.05) is 42.5 Å². The second-order valence-electron chi connectivity index (χ2n) is 8.28. The van der Waals surface area contributed by atoms with E-state index in [0.717, 1.165) is 51.3 Å². The summed E-state index contributed by atoms with van der Waals surface area (Å²) in [7, 11) is 0. The Kier molecular flexibility index (Phi) is 8.30. The van der Waals surface area contributed by atoms with Crippen LogP contribution in [-0.2, 0) is 6.61 Å². The first-order chi connectivity index (χ1) is 16.3. The number of carbonyl (C=O) groups is 1. The number of nitrogens with one attached hydrogen (secondary N) is 1. The van der Waals surface area contributed by atoms with Gasteiger partial charge in [-0.25, -0.2) is 0 Å². The van der Waals surface area contributed by atoms with Gasteiger partial charge in [0, 0.05) is 45.1 Å². The summed E-state index contributed by atoms with van der Waals surface area (Å²) in [4.78, 5) is 21.0. The minimum absolute atomic E-state index is 0.0511. The van der Waals surface area contributed by atoms with E-state index in [1.807, 2.05) is 24.3 Å². The molecule has 33 heavy (non-hydrogen) atoms. The van der Waals surface area contributed by atoms with E-state index in [0.29, 0.717) is 18.7 Å². The van der Waals surface area contributed by atoms with Crippen molar-refractivity contribution in [2.75, 3.05) is 44.2 Å². The smallest absolute Gasteiger partial charge is 0.252 e. The molecule has 0 saturated carbocycles. The molecule has 1 aliphatic heterocycles. The summed E-state index contributed by atoms with van der Waals surface area (Å²) < 4.78 is 6.15. The van der Waals surface area contributed by atoms with Crippen molar-refractivity contribution in [2.24, 2.45) is 0 Å². The van der Waals surface area contributed by atoms with Crippen LogP contribution in [0.25, 0.3) is 0 Å². The molecule has 1 N–H and O–H groups in total. The average Bonchev–Trinajstić information content (AvgIpc) is 2.89. The predicted octanol–water partition coefficient (Wildman–Crippen LogP) is 3.99. The van der Waals surface area contributed by atoms with Gasteiger partial charge in [0.25, 0.3) is 5.91 Å². The first-order valence-corrected chi connectivity index (χ1v) is 11.7. The number of ether oxygens (including phenoxy) is 1. The van der Waals surface area contributed by atoms with Gasteiger partial charge in [-0.3, -0.25) is 14.7 Å². The van der Waals surface area contributed by atoms with Gasteiger partial charge in [0.1, 0.15) is 12.4 Å². The van der Waals surface area contributed by atoms with E-state index in [1.54, 1.807) is 24.5 Å². The van der Waals surface area contributed by atoms with Crippen LogP contribution in [0.2, 0.25) is 0 Å². The van der Waals surface area contributed by atoms with E-state index in [1.165, 1.54) is 11.3 Å². The van der Waals surface area contributed by atoms with Gasteiger partial charge in [0.15, 0.2) is 0 Å². The van der Waals surface area contributed by atoms with Crippen molar-refractivity contribution >= 4 is 11.6 Å². The highest BCUT2D eigenvalue weighted by molar-refractivity contribution is 5.93. The van der Waals surface area contributed by atoms with Crippen LogP contribution in [0.15, 0.2) is 79.1 Å². The van der Waals surface area contributed by atoms with Gasteiger partial charge >= 0.3 is 0 Å². The molecule has 1 aliphatic rings. The number of pyridine rings is 1. The maximum Gasteiger partial charge on any atom is 0.252 e. The Labute approximate surface area is 196 Å². The number of aromatic nitrogens is 1. The molecule has 3 aromatic rings. The molecule has 6 heteroatoms. The lowest BCUT2D eigenvalue weighted by atomic mass is 10.2. The van der Waals surface area contributed by atoms with E-state index in [4.69, 9.17) is 4.74 Å². The number of amides is 1. The Hall–Kier alpha value is -3.38. The standard InChI is InChI=1S/C27H32N4O2/c32-27(24-11-8-14-28-21-24)29-15-6-7-16-30-17-19-31(20-18-30)25-12-4-5-13-26(25)33-22-23-9-2-1-3-10-23/h1-5,8-14,21H,6-7,15-20,22H2,(H,29,32). The first kappa shape index (κ1) is 22.8. The Balaban J connectivity index is 1.17. The zero-order chi connectivity index (χ0) is 22.7. The molecular formula is C27H32N4O2. The van der Waals surface area contributed by atoms with E-state index in [-0.39, 0.29) is 5.91 Å². The third kappa shape index (κ3) is 6.80. The number of rotatable bonds is 10. The summed E-state index contributed by atoms with van der Waals surface area (Å²) in [6, 6.07) is 22.2. The number of benzene rings is 2. The van der Waals surface area contributed by atoms with Crippen LogP contribution in [0.3, 0.4) is 0 Å². The van der Waals surface area contributed by atoms with Crippen LogP contribution < -0.4 is 15.0 Å². The SMILES string of the molecule is O=C(NCCCCN1CCN(c2ccccc2OCc2ccccc2)CC1)c1cccnc1. The number of para-hydroxylation sites is 2. The maximum absolute atomic E-state index is 12.1. The summed E-state index contributed by atoms with van der Waals surface area (Å²) in [6.07, 6.45) is 5.32. The quantitative estimate of drug-likeness (QED) is 0.479. The lowest BCUT2D eigenvalue weighted by Gasteiger charge is -2.36. The van der Waals surface area contributed by atoms with Crippen molar-refractivity contribution < 1.29 is 9.53 Å². The van der Waals surface area contributed by atoms with Crippen molar-refractivity contribution in [3.8, 4) is 5.75 Å². The molecular weight excluding hydrogens is 412 g/mol. The van der Waals surface area contributed by atoms with Crippen molar-refractivity contribution in [1.29, 1.82) is 0 Å². The number of unbranched alkanes of at least 4 members (excludes halogenated alkanes) is 1. The summed E-state index contributed by atoms with van der Waals surface area (Å²) >= 11 is 0. The van der Waals surface area contributed by atoms with Crippen molar-refractivity contribution in [1.82, 2.24) is 15.2 Å². The van der Waals surface area contributed by atoms with E-state index >= 15 is 0 Å². The third-order valence-corrected chi connectivity index (χ3v) is 5.93. The molecule has 1 fully saturated rings. The second-order valence-corrected chi connectivity index (χ2v) is 8.28.